The summed E-state index contributed by atoms with van der Waals surface area (Å²) >= 11 is 0. The van der Waals surface area contributed by atoms with Crippen molar-refractivity contribution in [3.63, 3.8) is 0 Å². The number of unbranched alkanes of at least 4 members (excludes halogenated alkanes) is 1. The van der Waals surface area contributed by atoms with Crippen LogP contribution in [0, 0.1) is 0 Å². The van der Waals surface area contributed by atoms with Crippen LogP contribution in [0.25, 0.3) is 22.6 Å². The zero-order chi connectivity index (χ0) is 21.6. The maximum absolute atomic E-state index is 12.1. The molecule has 4 rings (SSSR count). The summed E-state index contributed by atoms with van der Waals surface area (Å²) in [6, 6.07) is 12.1. The van der Waals surface area contributed by atoms with E-state index in [1.54, 1.807) is 6.20 Å². The number of carbonyl (C=O) groups is 1. The Labute approximate surface area is 180 Å². The minimum atomic E-state index is -0.0298. The molecule has 0 saturated heterocycles. The number of tetrazole rings is 1. The fourth-order valence-electron chi connectivity index (χ4n) is 3.34. The van der Waals surface area contributed by atoms with E-state index < -0.39 is 0 Å². The van der Waals surface area contributed by atoms with Crippen molar-refractivity contribution in [3.8, 4) is 22.6 Å². The first-order valence-corrected chi connectivity index (χ1v) is 10.4. The molecule has 0 bridgehead atoms. The summed E-state index contributed by atoms with van der Waals surface area (Å²) in [7, 11) is 0. The van der Waals surface area contributed by atoms with Crippen LogP contribution in [0.5, 0.6) is 0 Å². The van der Waals surface area contributed by atoms with Gasteiger partial charge in [-0.1, -0.05) is 50.6 Å². The molecule has 9 heteroatoms. The number of hydrogen-bond acceptors (Lipinski definition) is 7. The standard InChI is InChI=1S/C22H24N8O/c1-3-5-13-30-19(24-21(27-30)18(31)4-2)14-15-8-10-16(11-9-15)17-7-6-12-23-20(17)22-25-28-29-26-22/h6-12H,3-5,13-14H2,1-2H3,(H,25,26,28,29). The maximum atomic E-state index is 12.1. The molecule has 0 aliphatic heterocycles. The van der Waals surface area contributed by atoms with Crippen LogP contribution in [0.4, 0.5) is 0 Å². The Kier molecular flexibility index (Phi) is 6.21. The van der Waals surface area contributed by atoms with Gasteiger partial charge in [-0.25, -0.2) is 14.8 Å². The number of Topliss-reactive ketones (excluding diaryl/α,β-unsaturated/α-hetero) is 1. The normalized spacial score (nSPS) is 11.0. The molecule has 1 N–H and O–H groups in total. The predicted molar refractivity (Wildman–Crippen MR) is 115 cm³/mol. The molecular weight excluding hydrogens is 392 g/mol. The van der Waals surface area contributed by atoms with Gasteiger partial charge >= 0.3 is 0 Å². The predicted octanol–water partition coefficient (Wildman–Crippen LogP) is 3.50. The number of aryl methyl sites for hydroxylation is 1. The Balaban J connectivity index is 1.59. The molecule has 1 aromatic carbocycles. The van der Waals surface area contributed by atoms with Crippen LogP contribution in [0.1, 0.15) is 55.1 Å². The van der Waals surface area contributed by atoms with Crippen molar-refractivity contribution in [2.45, 2.75) is 46.1 Å². The number of rotatable bonds is 9. The summed E-state index contributed by atoms with van der Waals surface area (Å²) in [6.07, 6.45) is 4.78. The Morgan fingerprint density at radius 2 is 1.97 bits per heavy atom. The zero-order valence-electron chi connectivity index (χ0n) is 17.6. The summed E-state index contributed by atoms with van der Waals surface area (Å²) in [6.45, 7) is 4.72. The smallest absolute Gasteiger partial charge is 0.217 e. The highest BCUT2D eigenvalue weighted by Crippen LogP contribution is 2.28. The van der Waals surface area contributed by atoms with Crippen LogP contribution in [-0.2, 0) is 13.0 Å². The second-order valence-corrected chi connectivity index (χ2v) is 7.23. The van der Waals surface area contributed by atoms with Gasteiger partial charge in [-0.2, -0.15) is 0 Å². The van der Waals surface area contributed by atoms with Crippen LogP contribution in [-0.4, -0.2) is 46.2 Å². The number of H-pyrrole nitrogens is 1. The van der Waals surface area contributed by atoms with Crippen molar-refractivity contribution in [3.05, 3.63) is 59.8 Å². The molecule has 158 valence electrons. The Morgan fingerprint density at radius 3 is 2.68 bits per heavy atom. The average Bonchev–Trinajstić information content (AvgIpc) is 3.48. The van der Waals surface area contributed by atoms with E-state index in [0.717, 1.165) is 41.9 Å². The number of benzene rings is 1. The summed E-state index contributed by atoms with van der Waals surface area (Å²) in [5.74, 6) is 1.62. The van der Waals surface area contributed by atoms with Crippen LogP contribution in [0.2, 0.25) is 0 Å². The Bertz CT molecular complexity index is 1150. The lowest BCUT2D eigenvalue weighted by Crippen LogP contribution is -2.07. The van der Waals surface area contributed by atoms with Crippen LogP contribution >= 0.6 is 0 Å². The van der Waals surface area contributed by atoms with Gasteiger partial charge in [0.1, 0.15) is 11.5 Å². The van der Waals surface area contributed by atoms with Gasteiger partial charge in [-0.3, -0.25) is 9.78 Å². The lowest BCUT2D eigenvalue weighted by molar-refractivity contribution is 0.0978. The quantitative estimate of drug-likeness (QED) is 0.415. The van der Waals surface area contributed by atoms with E-state index in [1.165, 1.54) is 0 Å². The fraction of sp³-hybridized carbons (Fsp3) is 0.318. The van der Waals surface area contributed by atoms with E-state index in [1.807, 2.05) is 35.9 Å². The molecule has 0 aliphatic carbocycles. The van der Waals surface area contributed by atoms with Crippen molar-refractivity contribution >= 4 is 5.78 Å². The molecule has 4 aromatic rings. The molecule has 0 spiro atoms. The van der Waals surface area contributed by atoms with Crippen LogP contribution < -0.4 is 0 Å². The number of pyridine rings is 1. The summed E-state index contributed by atoms with van der Waals surface area (Å²) in [5, 5.41) is 18.5. The molecule has 0 unspecified atom stereocenters. The highest BCUT2D eigenvalue weighted by molar-refractivity contribution is 5.92. The van der Waals surface area contributed by atoms with Crippen molar-refractivity contribution in [1.29, 1.82) is 0 Å². The highest BCUT2D eigenvalue weighted by Gasteiger charge is 2.16. The molecule has 0 atom stereocenters. The third-order valence-electron chi connectivity index (χ3n) is 5.05. The SMILES string of the molecule is CCCCn1nc(C(=O)CC)nc1Cc1ccc(-c2cccnc2-c2nnn[nH]2)cc1. The number of ketones is 1. The van der Waals surface area contributed by atoms with Gasteiger partial charge < -0.3 is 0 Å². The van der Waals surface area contributed by atoms with E-state index >= 15 is 0 Å². The number of nitrogens with one attached hydrogen (secondary N) is 1. The van der Waals surface area contributed by atoms with Gasteiger partial charge in [-0.15, -0.1) is 10.2 Å². The van der Waals surface area contributed by atoms with E-state index in [0.29, 0.717) is 30.2 Å². The molecule has 3 aromatic heterocycles. The van der Waals surface area contributed by atoms with Gasteiger partial charge in [-0.05, 0) is 34.0 Å². The highest BCUT2D eigenvalue weighted by atomic mass is 16.1. The topological polar surface area (TPSA) is 115 Å². The lowest BCUT2D eigenvalue weighted by atomic mass is 10.0. The second-order valence-electron chi connectivity index (χ2n) is 7.23. The third-order valence-corrected chi connectivity index (χ3v) is 5.05. The fourth-order valence-corrected chi connectivity index (χ4v) is 3.34. The van der Waals surface area contributed by atoms with Crippen LogP contribution in [0.3, 0.4) is 0 Å². The maximum Gasteiger partial charge on any atom is 0.217 e. The van der Waals surface area contributed by atoms with Crippen molar-refractivity contribution in [2.24, 2.45) is 0 Å². The third kappa shape index (κ3) is 4.55. The van der Waals surface area contributed by atoms with Gasteiger partial charge in [0.2, 0.25) is 11.6 Å². The molecule has 0 amide bonds. The molecular formula is C22H24N8O. The van der Waals surface area contributed by atoms with E-state index in [-0.39, 0.29) is 5.78 Å². The van der Waals surface area contributed by atoms with Gasteiger partial charge in [0.05, 0.1) is 0 Å². The Morgan fingerprint density at radius 1 is 1.13 bits per heavy atom. The summed E-state index contributed by atoms with van der Waals surface area (Å²) < 4.78 is 1.87. The molecule has 0 aliphatic rings. The molecule has 9 nitrogen and oxygen atoms in total. The molecule has 0 fully saturated rings. The first-order valence-electron chi connectivity index (χ1n) is 10.4. The van der Waals surface area contributed by atoms with E-state index in [9.17, 15) is 4.79 Å². The Hall–Kier alpha value is -3.75. The first-order chi connectivity index (χ1) is 15.2. The number of carbonyl (C=O) groups excluding carboxylic acids is 1. The number of aromatic nitrogens is 8. The monoisotopic (exact) mass is 416 g/mol. The second kappa shape index (κ2) is 9.38. The van der Waals surface area contributed by atoms with Crippen molar-refractivity contribution in [1.82, 2.24) is 40.4 Å². The summed E-state index contributed by atoms with van der Waals surface area (Å²) in [4.78, 5) is 21.0. The average molecular weight is 416 g/mol. The largest absolute Gasteiger partial charge is 0.291 e. The molecule has 0 radical (unpaired) electrons. The van der Waals surface area contributed by atoms with E-state index in [4.69, 9.17) is 0 Å². The van der Waals surface area contributed by atoms with Gasteiger partial charge in [0.25, 0.3) is 0 Å². The van der Waals surface area contributed by atoms with Crippen LogP contribution in [0.15, 0.2) is 42.6 Å². The van der Waals surface area contributed by atoms with Gasteiger partial charge in [0.15, 0.2) is 5.82 Å². The molecule has 0 saturated carbocycles. The number of hydrogen-bond donors (Lipinski definition) is 1. The first kappa shape index (κ1) is 20.5. The zero-order valence-corrected chi connectivity index (χ0v) is 17.6. The summed E-state index contributed by atoms with van der Waals surface area (Å²) in [5.41, 5.74) is 3.74. The van der Waals surface area contributed by atoms with Crippen molar-refractivity contribution < 1.29 is 4.79 Å². The van der Waals surface area contributed by atoms with E-state index in [2.05, 4.69) is 54.7 Å². The molecule has 3 heterocycles. The number of nitrogens with zero attached hydrogens (tertiary/aromatic N) is 7. The van der Waals surface area contributed by atoms with Gasteiger partial charge in [0, 0.05) is 31.1 Å². The lowest BCUT2D eigenvalue weighted by Gasteiger charge is -2.08. The minimum absolute atomic E-state index is 0.0298. The molecule has 31 heavy (non-hydrogen) atoms. The number of aromatic amines is 1. The van der Waals surface area contributed by atoms with Crippen molar-refractivity contribution in [2.75, 3.05) is 0 Å². The minimum Gasteiger partial charge on any atom is -0.291 e.